The van der Waals surface area contributed by atoms with Crippen LogP contribution in [0, 0.1) is 23.7 Å². The lowest BCUT2D eigenvalue weighted by Gasteiger charge is -2.55. The van der Waals surface area contributed by atoms with E-state index in [9.17, 15) is 4.79 Å². The standard InChI is InChI=1S/C14H24N2O/c1-8(14(17)15-2)16-13-11-4-9-3-10(6-11)7-12(13)5-9/h8-13,16H,3-7H2,1-2H3,(H,15,17). The molecule has 0 saturated heterocycles. The van der Waals surface area contributed by atoms with Crippen molar-refractivity contribution in [2.75, 3.05) is 7.05 Å². The van der Waals surface area contributed by atoms with E-state index in [1.807, 2.05) is 6.92 Å². The number of hydrogen-bond donors (Lipinski definition) is 2. The van der Waals surface area contributed by atoms with E-state index >= 15 is 0 Å². The number of carbonyl (C=O) groups excluding carboxylic acids is 1. The van der Waals surface area contributed by atoms with Gasteiger partial charge in [0, 0.05) is 13.1 Å². The van der Waals surface area contributed by atoms with Gasteiger partial charge in [0.25, 0.3) is 0 Å². The fourth-order valence-electron chi connectivity index (χ4n) is 4.78. The molecule has 0 radical (unpaired) electrons. The van der Waals surface area contributed by atoms with Crippen molar-refractivity contribution in [2.24, 2.45) is 23.7 Å². The summed E-state index contributed by atoms with van der Waals surface area (Å²) in [7, 11) is 1.72. The fraction of sp³-hybridized carbons (Fsp3) is 0.929. The summed E-state index contributed by atoms with van der Waals surface area (Å²) in [6, 6.07) is 0.567. The van der Waals surface area contributed by atoms with E-state index in [-0.39, 0.29) is 11.9 Å². The van der Waals surface area contributed by atoms with Gasteiger partial charge in [-0.3, -0.25) is 4.79 Å². The highest BCUT2D eigenvalue weighted by molar-refractivity contribution is 5.80. The Bertz CT molecular complexity index is 287. The number of carbonyl (C=O) groups is 1. The fourth-order valence-corrected chi connectivity index (χ4v) is 4.78. The monoisotopic (exact) mass is 236 g/mol. The van der Waals surface area contributed by atoms with Gasteiger partial charge in [0.05, 0.1) is 6.04 Å². The highest BCUT2D eigenvalue weighted by Gasteiger charge is 2.48. The van der Waals surface area contributed by atoms with Crippen LogP contribution in [0.15, 0.2) is 0 Å². The Morgan fingerprint density at radius 1 is 1.06 bits per heavy atom. The molecule has 2 N–H and O–H groups in total. The van der Waals surface area contributed by atoms with Crippen molar-refractivity contribution in [2.45, 2.75) is 51.1 Å². The quantitative estimate of drug-likeness (QED) is 0.780. The van der Waals surface area contributed by atoms with Gasteiger partial charge in [0.1, 0.15) is 0 Å². The zero-order valence-electron chi connectivity index (χ0n) is 10.9. The molecule has 3 nitrogen and oxygen atoms in total. The van der Waals surface area contributed by atoms with Crippen molar-refractivity contribution in [3.05, 3.63) is 0 Å². The molecule has 1 atom stereocenters. The van der Waals surface area contributed by atoms with Gasteiger partial charge in [-0.05, 0) is 62.7 Å². The molecule has 4 aliphatic carbocycles. The summed E-state index contributed by atoms with van der Waals surface area (Å²) in [6.07, 6.45) is 7.12. The van der Waals surface area contributed by atoms with E-state index < -0.39 is 0 Å². The van der Waals surface area contributed by atoms with Crippen LogP contribution in [0.1, 0.15) is 39.0 Å². The number of nitrogens with one attached hydrogen (secondary N) is 2. The normalized spacial score (nSPS) is 44.7. The van der Waals surface area contributed by atoms with Gasteiger partial charge < -0.3 is 10.6 Å². The molecule has 1 unspecified atom stereocenters. The summed E-state index contributed by atoms with van der Waals surface area (Å²) < 4.78 is 0. The Morgan fingerprint density at radius 2 is 1.59 bits per heavy atom. The van der Waals surface area contributed by atoms with Crippen LogP contribution < -0.4 is 10.6 Å². The molecule has 1 amide bonds. The number of amides is 1. The van der Waals surface area contributed by atoms with E-state index in [0.717, 1.165) is 23.7 Å². The number of rotatable bonds is 3. The third-order valence-electron chi connectivity index (χ3n) is 5.31. The van der Waals surface area contributed by atoms with Crippen molar-refractivity contribution in [1.82, 2.24) is 10.6 Å². The second-order valence-electron chi connectivity index (χ2n) is 6.46. The molecule has 4 rings (SSSR count). The minimum atomic E-state index is -0.0393. The summed E-state index contributed by atoms with van der Waals surface area (Å²) in [5.74, 6) is 3.83. The second kappa shape index (κ2) is 4.27. The van der Waals surface area contributed by atoms with E-state index in [0.29, 0.717) is 6.04 Å². The lowest BCUT2D eigenvalue weighted by Crippen LogP contribution is -2.58. The first-order valence-electron chi connectivity index (χ1n) is 7.15. The van der Waals surface area contributed by atoms with Gasteiger partial charge >= 0.3 is 0 Å². The van der Waals surface area contributed by atoms with Crippen LogP contribution in [-0.4, -0.2) is 25.0 Å². The maximum Gasteiger partial charge on any atom is 0.236 e. The Balaban J connectivity index is 1.66. The molecule has 4 bridgehead atoms. The van der Waals surface area contributed by atoms with E-state index in [1.54, 1.807) is 7.05 Å². The molecule has 4 saturated carbocycles. The molecular formula is C14H24N2O. The zero-order valence-corrected chi connectivity index (χ0v) is 10.9. The molecule has 3 heteroatoms. The SMILES string of the molecule is CNC(=O)C(C)NC1C2CC3CC(C2)CC1C3. The van der Waals surface area contributed by atoms with Crippen LogP contribution in [-0.2, 0) is 4.79 Å². The van der Waals surface area contributed by atoms with Crippen LogP contribution in [0.5, 0.6) is 0 Å². The summed E-state index contributed by atoms with van der Waals surface area (Å²) in [4.78, 5) is 11.6. The van der Waals surface area contributed by atoms with E-state index in [2.05, 4.69) is 10.6 Å². The van der Waals surface area contributed by atoms with Gasteiger partial charge in [0.2, 0.25) is 5.91 Å². The summed E-state index contributed by atoms with van der Waals surface area (Å²) in [6.45, 7) is 1.99. The maximum atomic E-state index is 11.6. The molecule has 0 heterocycles. The molecule has 0 aromatic carbocycles. The van der Waals surface area contributed by atoms with Crippen LogP contribution in [0.4, 0.5) is 0 Å². The molecule has 0 aromatic heterocycles. The minimum Gasteiger partial charge on any atom is -0.358 e. The molecule has 0 aliphatic heterocycles. The van der Waals surface area contributed by atoms with Gasteiger partial charge in [0.15, 0.2) is 0 Å². The first-order valence-corrected chi connectivity index (χ1v) is 7.15. The van der Waals surface area contributed by atoms with Gasteiger partial charge in [-0.2, -0.15) is 0 Å². The Labute approximate surface area is 104 Å². The van der Waals surface area contributed by atoms with E-state index in [4.69, 9.17) is 0 Å². The van der Waals surface area contributed by atoms with Crippen LogP contribution in [0.2, 0.25) is 0 Å². The molecule has 17 heavy (non-hydrogen) atoms. The summed E-state index contributed by atoms with van der Waals surface area (Å²) >= 11 is 0. The van der Waals surface area contributed by atoms with E-state index in [1.165, 1.54) is 32.1 Å². The van der Waals surface area contributed by atoms with Crippen LogP contribution in [0.3, 0.4) is 0 Å². The van der Waals surface area contributed by atoms with Gasteiger partial charge in [-0.25, -0.2) is 0 Å². The molecule has 4 fully saturated rings. The van der Waals surface area contributed by atoms with Crippen molar-refractivity contribution in [3.8, 4) is 0 Å². The van der Waals surface area contributed by atoms with Gasteiger partial charge in [-0.1, -0.05) is 0 Å². The minimum absolute atomic E-state index is 0.0393. The molecule has 4 aliphatic rings. The van der Waals surface area contributed by atoms with Crippen molar-refractivity contribution in [3.63, 3.8) is 0 Å². The molecule has 0 spiro atoms. The van der Waals surface area contributed by atoms with Crippen LogP contribution >= 0.6 is 0 Å². The van der Waals surface area contributed by atoms with Crippen molar-refractivity contribution < 1.29 is 4.79 Å². The Hall–Kier alpha value is -0.570. The van der Waals surface area contributed by atoms with Crippen LogP contribution in [0.25, 0.3) is 0 Å². The Morgan fingerprint density at radius 3 is 2.06 bits per heavy atom. The predicted molar refractivity (Wildman–Crippen MR) is 67.5 cm³/mol. The van der Waals surface area contributed by atoms with Crippen molar-refractivity contribution >= 4 is 5.91 Å². The predicted octanol–water partition coefficient (Wildman–Crippen LogP) is 1.54. The number of likely N-dealkylation sites (N-methyl/N-ethyl adjacent to an activating group) is 1. The van der Waals surface area contributed by atoms with Crippen molar-refractivity contribution in [1.29, 1.82) is 0 Å². The lowest BCUT2D eigenvalue weighted by molar-refractivity contribution is -0.123. The average molecular weight is 236 g/mol. The third-order valence-corrected chi connectivity index (χ3v) is 5.31. The lowest BCUT2D eigenvalue weighted by atomic mass is 9.54. The average Bonchev–Trinajstić information content (AvgIpc) is 2.31. The first-order chi connectivity index (χ1) is 8.17. The number of hydrogen-bond acceptors (Lipinski definition) is 2. The maximum absolute atomic E-state index is 11.6. The highest BCUT2D eigenvalue weighted by Crippen LogP contribution is 2.53. The first kappa shape index (κ1) is 11.5. The molecule has 0 aromatic rings. The summed E-state index contributed by atoms with van der Waals surface area (Å²) in [5.41, 5.74) is 0. The second-order valence-corrected chi connectivity index (χ2v) is 6.46. The zero-order chi connectivity index (χ0) is 12.0. The topological polar surface area (TPSA) is 41.1 Å². The smallest absolute Gasteiger partial charge is 0.236 e. The third kappa shape index (κ3) is 1.99. The Kier molecular flexibility index (Phi) is 2.89. The van der Waals surface area contributed by atoms with Gasteiger partial charge in [-0.15, -0.1) is 0 Å². The summed E-state index contributed by atoms with van der Waals surface area (Å²) in [5, 5.41) is 6.34. The highest BCUT2D eigenvalue weighted by atomic mass is 16.2. The molecular weight excluding hydrogens is 212 g/mol. The largest absolute Gasteiger partial charge is 0.358 e. The molecule has 96 valence electrons.